The molecule has 0 saturated heterocycles. The number of anilines is 1. The van der Waals surface area contributed by atoms with E-state index < -0.39 is 0 Å². The molecule has 2 heterocycles. The second kappa shape index (κ2) is 2.75. The number of fused-ring (bicyclic) bond motifs is 1. The molecule has 64 valence electrons. The number of nitrogen functional groups attached to an aromatic ring is 1. The fourth-order valence-electron chi connectivity index (χ4n) is 1.74. The molecular formula is C9H13N3. The molecule has 0 bridgehead atoms. The number of hydrogen-bond donors (Lipinski definition) is 2. The number of rotatable bonds is 0. The van der Waals surface area contributed by atoms with Crippen molar-refractivity contribution in [1.29, 1.82) is 0 Å². The highest BCUT2D eigenvalue weighted by molar-refractivity contribution is 5.50. The van der Waals surface area contributed by atoms with Gasteiger partial charge in [-0.25, -0.2) is 0 Å². The molecule has 1 atom stereocenters. The van der Waals surface area contributed by atoms with Gasteiger partial charge in [0.05, 0.1) is 0 Å². The number of nitrogens with one attached hydrogen (secondary N) is 1. The first-order chi connectivity index (χ1) is 5.79. The minimum Gasteiger partial charge on any atom is -0.398 e. The Balaban J connectivity index is 2.53. The van der Waals surface area contributed by atoms with Gasteiger partial charge in [-0.2, -0.15) is 0 Å². The van der Waals surface area contributed by atoms with Crippen molar-refractivity contribution in [2.24, 2.45) is 0 Å². The number of hydrogen-bond acceptors (Lipinski definition) is 3. The van der Waals surface area contributed by atoms with Gasteiger partial charge in [0, 0.05) is 42.1 Å². The van der Waals surface area contributed by atoms with Crippen LogP contribution in [0.25, 0.3) is 0 Å². The third-order valence-electron chi connectivity index (χ3n) is 2.35. The van der Waals surface area contributed by atoms with Gasteiger partial charge in [-0.05, 0) is 13.0 Å². The van der Waals surface area contributed by atoms with E-state index in [1.165, 1.54) is 5.56 Å². The van der Waals surface area contributed by atoms with Gasteiger partial charge in [-0.3, -0.25) is 4.98 Å². The van der Waals surface area contributed by atoms with E-state index in [9.17, 15) is 0 Å². The van der Waals surface area contributed by atoms with Crippen LogP contribution in [0.4, 0.5) is 5.69 Å². The minimum absolute atomic E-state index is 0.349. The van der Waals surface area contributed by atoms with Crippen molar-refractivity contribution in [3.8, 4) is 0 Å². The Kier molecular flexibility index (Phi) is 1.73. The molecule has 0 spiro atoms. The van der Waals surface area contributed by atoms with Gasteiger partial charge < -0.3 is 11.1 Å². The predicted molar refractivity (Wildman–Crippen MR) is 48.8 cm³/mol. The van der Waals surface area contributed by atoms with Gasteiger partial charge in [0.1, 0.15) is 0 Å². The lowest BCUT2D eigenvalue weighted by molar-refractivity contribution is 0.534. The first-order valence-electron chi connectivity index (χ1n) is 4.25. The van der Waals surface area contributed by atoms with Crippen LogP contribution in [-0.2, 0) is 6.42 Å². The van der Waals surface area contributed by atoms with E-state index in [0.29, 0.717) is 6.04 Å². The van der Waals surface area contributed by atoms with E-state index in [0.717, 1.165) is 24.3 Å². The highest BCUT2D eigenvalue weighted by atomic mass is 14.9. The maximum absolute atomic E-state index is 5.85. The summed E-state index contributed by atoms with van der Waals surface area (Å²) in [5, 5.41) is 3.36. The standard InChI is InChI=1S/C9H13N3/c1-6-9-7(10)2-4-12-8(9)3-5-11-6/h2,4,6,11H,3,5H2,1H3,(H2,10,12). The smallest absolute Gasteiger partial charge is 0.0484 e. The Morgan fingerprint density at radius 1 is 1.67 bits per heavy atom. The van der Waals surface area contributed by atoms with Gasteiger partial charge in [-0.15, -0.1) is 0 Å². The molecule has 1 aliphatic rings. The summed E-state index contributed by atoms with van der Waals surface area (Å²) < 4.78 is 0. The molecule has 3 nitrogen and oxygen atoms in total. The Bertz CT molecular complexity index is 296. The van der Waals surface area contributed by atoms with E-state index in [4.69, 9.17) is 5.73 Å². The van der Waals surface area contributed by atoms with Crippen LogP contribution in [0.5, 0.6) is 0 Å². The van der Waals surface area contributed by atoms with Gasteiger partial charge in [0.25, 0.3) is 0 Å². The quantitative estimate of drug-likeness (QED) is 0.596. The Labute approximate surface area is 72.0 Å². The van der Waals surface area contributed by atoms with Crippen molar-refractivity contribution in [3.05, 3.63) is 23.5 Å². The minimum atomic E-state index is 0.349. The summed E-state index contributed by atoms with van der Waals surface area (Å²) in [7, 11) is 0. The van der Waals surface area contributed by atoms with Crippen LogP contribution >= 0.6 is 0 Å². The van der Waals surface area contributed by atoms with Crippen molar-refractivity contribution >= 4 is 5.69 Å². The molecule has 1 unspecified atom stereocenters. The van der Waals surface area contributed by atoms with E-state index in [-0.39, 0.29) is 0 Å². The van der Waals surface area contributed by atoms with Crippen molar-refractivity contribution in [3.63, 3.8) is 0 Å². The molecular weight excluding hydrogens is 150 g/mol. The third-order valence-corrected chi connectivity index (χ3v) is 2.35. The molecule has 3 N–H and O–H groups in total. The summed E-state index contributed by atoms with van der Waals surface area (Å²) in [6.45, 7) is 3.13. The van der Waals surface area contributed by atoms with Gasteiger partial charge >= 0.3 is 0 Å². The molecule has 0 amide bonds. The lowest BCUT2D eigenvalue weighted by Gasteiger charge is -2.24. The molecule has 0 aliphatic carbocycles. The molecule has 1 aromatic rings. The molecule has 3 heteroatoms. The zero-order chi connectivity index (χ0) is 8.55. The van der Waals surface area contributed by atoms with E-state index in [1.54, 1.807) is 6.20 Å². The molecule has 2 rings (SSSR count). The Hall–Kier alpha value is -1.09. The van der Waals surface area contributed by atoms with Crippen LogP contribution in [0.2, 0.25) is 0 Å². The lowest BCUT2D eigenvalue weighted by atomic mass is 9.99. The first-order valence-corrected chi connectivity index (χ1v) is 4.25. The number of nitrogens with zero attached hydrogens (tertiary/aromatic N) is 1. The van der Waals surface area contributed by atoms with Crippen LogP contribution in [-0.4, -0.2) is 11.5 Å². The molecule has 12 heavy (non-hydrogen) atoms. The van der Waals surface area contributed by atoms with Gasteiger partial charge in [0.2, 0.25) is 0 Å². The van der Waals surface area contributed by atoms with E-state index in [2.05, 4.69) is 17.2 Å². The predicted octanol–water partition coefficient (Wildman–Crippen LogP) is 0.871. The summed E-state index contributed by atoms with van der Waals surface area (Å²) >= 11 is 0. The number of pyridine rings is 1. The number of nitrogens with two attached hydrogens (primary N) is 1. The summed E-state index contributed by atoms with van der Waals surface area (Å²) in [5.74, 6) is 0. The highest BCUT2D eigenvalue weighted by Crippen LogP contribution is 2.25. The Morgan fingerprint density at radius 3 is 3.25 bits per heavy atom. The molecule has 0 aromatic carbocycles. The van der Waals surface area contributed by atoms with Gasteiger partial charge in [-0.1, -0.05) is 0 Å². The third kappa shape index (κ3) is 1.06. The summed E-state index contributed by atoms with van der Waals surface area (Å²) in [6.07, 6.45) is 2.77. The van der Waals surface area contributed by atoms with Crippen LogP contribution < -0.4 is 11.1 Å². The van der Waals surface area contributed by atoms with Crippen LogP contribution in [0, 0.1) is 0 Å². The SMILES string of the molecule is CC1NCCc2nccc(N)c21. The normalized spacial score (nSPS) is 21.9. The average Bonchev–Trinajstić information content (AvgIpc) is 2.04. The summed E-state index contributed by atoms with van der Waals surface area (Å²) in [6, 6.07) is 2.21. The van der Waals surface area contributed by atoms with Crippen molar-refractivity contribution in [2.45, 2.75) is 19.4 Å². The van der Waals surface area contributed by atoms with E-state index in [1.807, 2.05) is 6.07 Å². The average molecular weight is 163 g/mol. The maximum Gasteiger partial charge on any atom is 0.0484 e. The summed E-state index contributed by atoms with van der Waals surface area (Å²) in [5.41, 5.74) is 9.05. The fourth-order valence-corrected chi connectivity index (χ4v) is 1.74. The molecule has 1 aromatic heterocycles. The molecule has 1 aliphatic heterocycles. The first kappa shape index (κ1) is 7.55. The topological polar surface area (TPSA) is 50.9 Å². The monoisotopic (exact) mass is 163 g/mol. The molecule has 0 radical (unpaired) electrons. The lowest BCUT2D eigenvalue weighted by Crippen LogP contribution is -2.29. The second-order valence-corrected chi connectivity index (χ2v) is 3.19. The van der Waals surface area contributed by atoms with Crippen LogP contribution in [0.1, 0.15) is 24.2 Å². The van der Waals surface area contributed by atoms with Crippen LogP contribution in [0.3, 0.4) is 0 Å². The van der Waals surface area contributed by atoms with Crippen molar-refractivity contribution in [2.75, 3.05) is 12.3 Å². The maximum atomic E-state index is 5.85. The fraction of sp³-hybridized carbons (Fsp3) is 0.444. The van der Waals surface area contributed by atoms with E-state index >= 15 is 0 Å². The van der Waals surface area contributed by atoms with Crippen molar-refractivity contribution < 1.29 is 0 Å². The van der Waals surface area contributed by atoms with Gasteiger partial charge in [0.15, 0.2) is 0 Å². The van der Waals surface area contributed by atoms with Crippen molar-refractivity contribution in [1.82, 2.24) is 10.3 Å². The summed E-state index contributed by atoms with van der Waals surface area (Å²) in [4.78, 5) is 4.31. The zero-order valence-corrected chi connectivity index (χ0v) is 7.17. The number of aromatic nitrogens is 1. The highest BCUT2D eigenvalue weighted by Gasteiger charge is 2.18. The van der Waals surface area contributed by atoms with Crippen LogP contribution in [0.15, 0.2) is 12.3 Å². The Morgan fingerprint density at radius 2 is 2.50 bits per heavy atom. The molecule has 0 saturated carbocycles. The molecule has 0 fully saturated rings. The zero-order valence-electron chi connectivity index (χ0n) is 7.17. The largest absolute Gasteiger partial charge is 0.398 e. The second-order valence-electron chi connectivity index (χ2n) is 3.19.